The average Bonchev–Trinajstić information content (AvgIpc) is 3.01. The second-order valence-electron chi connectivity index (χ2n) is 5.69. The smallest absolute Gasteiger partial charge is 0.0991 e. The van der Waals surface area contributed by atoms with Crippen molar-refractivity contribution >= 4 is 11.6 Å². The lowest BCUT2D eigenvalue weighted by atomic mass is 9.96. The summed E-state index contributed by atoms with van der Waals surface area (Å²) in [5.74, 6) is 1.41. The highest BCUT2D eigenvalue weighted by Crippen LogP contribution is 2.36. The minimum Gasteiger partial charge on any atom is -0.306 e. The Kier molecular flexibility index (Phi) is 3.61. The second kappa shape index (κ2) is 5.38. The monoisotopic (exact) mass is 274 g/mol. The summed E-state index contributed by atoms with van der Waals surface area (Å²) in [6, 6.07) is 8.72. The molecule has 2 aromatic rings. The van der Waals surface area contributed by atoms with Crippen LogP contribution in [0.1, 0.15) is 25.3 Å². The Hall–Kier alpha value is -1.28. The molecule has 0 spiro atoms. The van der Waals surface area contributed by atoms with Gasteiger partial charge in [0.05, 0.1) is 6.33 Å². The zero-order chi connectivity index (χ0) is 13.2. The molecule has 1 saturated carbocycles. The van der Waals surface area contributed by atoms with Crippen LogP contribution in [0.2, 0.25) is 0 Å². The molecule has 0 radical (unpaired) electrons. The third kappa shape index (κ3) is 2.84. The molecule has 3 heteroatoms. The van der Waals surface area contributed by atoms with Gasteiger partial charge in [-0.25, -0.2) is 4.98 Å². The zero-order valence-electron chi connectivity index (χ0n) is 11.2. The molecular formula is C16H19ClN2. The fourth-order valence-electron chi connectivity index (χ4n) is 3.07. The average molecular weight is 275 g/mol. The Morgan fingerprint density at radius 1 is 1.26 bits per heavy atom. The highest BCUT2D eigenvalue weighted by atomic mass is 35.5. The summed E-state index contributed by atoms with van der Waals surface area (Å²) < 4.78 is 2.02. The summed E-state index contributed by atoms with van der Waals surface area (Å²) in [4.78, 5) is 4.07. The SMILES string of the molecule is CC1CC(Cl)C(Cc2ccc(-n3ccnc3)cc2)C1. The van der Waals surface area contributed by atoms with Gasteiger partial charge >= 0.3 is 0 Å². The maximum Gasteiger partial charge on any atom is 0.0991 e. The molecule has 1 aromatic heterocycles. The number of rotatable bonds is 3. The lowest BCUT2D eigenvalue weighted by Crippen LogP contribution is -2.10. The van der Waals surface area contributed by atoms with Crippen LogP contribution >= 0.6 is 11.6 Å². The lowest BCUT2D eigenvalue weighted by Gasteiger charge is -2.14. The highest BCUT2D eigenvalue weighted by Gasteiger charge is 2.30. The van der Waals surface area contributed by atoms with Crippen LogP contribution in [0.25, 0.3) is 5.69 Å². The third-order valence-corrected chi connectivity index (χ3v) is 4.62. The molecule has 0 aliphatic heterocycles. The predicted octanol–water partition coefficient (Wildman–Crippen LogP) is 4.07. The number of benzene rings is 1. The van der Waals surface area contributed by atoms with Crippen LogP contribution in [-0.4, -0.2) is 14.9 Å². The third-order valence-electron chi connectivity index (χ3n) is 4.08. The summed E-state index contributed by atoms with van der Waals surface area (Å²) in [7, 11) is 0. The molecule has 0 saturated heterocycles. The summed E-state index contributed by atoms with van der Waals surface area (Å²) in [6.45, 7) is 2.30. The van der Waals surface area contributed by atoms with Gasteiger partial charge in [-0.1, -0.05) is 19.1 Å². The quantitative estimate of drug-likeness (QED) is 0.772. The van der Waals surface area contributed by atoms with Gasteiger partial charge in [0.15, 0.2) is 0 Å². The zero-order valence-corrected chi connectivity index (χ0v) is 11.9. The van der Waals surface area contributed by atoms with E-state index < -0.39 is 0 Å². The van der Waals surface area contributed by atoms with Crippen LogP contribution in [0.5, 0.6) is 0 Å². The standard InChI is InChI=1S/C16H19ClN2/c1-12-8-14(16(17)9-12)10-13-2-4-15(5-3-13)19-7-6-18-11-19/h2-7,11-12,14,16H,8-10H2,1H3. The number of nitrogens with zero attached hydrogens (tertiary/aromatic N) is 2. The maximum absolute atomic E-state index is 6.42. The first-order chi connectivity index (χ1) is 9.22. The molecule has 2 nitrogen and oxygen atoms in total. The Bertz CT molecular complexity index is 518. The molecule has 1 aliphatic rings. The van der Waals surface area contributed by atoms with Crippen LogP contribution < -0.4 is 0 Å². The van der Waals surface area contributed by atoms with Crippen LogP contribution in [0.3, 0.4) is 0 Å². The van der Waals surface area contributed by atoms with Gasteiger partial charge in [-0.15, -0.1) is 11.6 Å². The van der Waals surface area contributed by atoms with Gasteiger partial charge in [0.1, 0.15) is 0 Å². The van der Waals surface area contributed by atoms with E-state index in [1.807, 2.05) is 17.1 Å². The minimum absolute atomic E-state index is 0.350. The lowest BCUT2D eigenvalue weighted by molar-refractivity contribution is 0.516. The molecule has 1 fully saturated rings. The summed E-state index contributed by atoms with van der Waals surface area (Å²) in [6.07, 6.45) is 9.11. The molecule has 1 aliphatic carbocycles. The largest absolute Gasteiger partial charge is 0.306 e. The molecule has 19 heavy (non-hydrogen) atoms. The summed E-state index contributed by atoms with van der Waals surface area (Å²) >= 11 is 6.42. The van der Waals surface area contributed by atoms with Crippen molar-refractivity contribution in [1.82, 2.24) is 9.55 Å². The van der Waals surface area contributed by atoms with Gasteiger partial charge in [-0.05, 0) is 48.8 Å². The van der Waals surface area contributed by atoms with Crippen LogP contribution in [0, 0.1) is 11.8 Å². The van der Waals surface area contributed by atoms with E-state index in [0.717, 1.165) is 18.0 Å². The van der Waals surface area contributed by atoms with E-state index in [0.29, 0.717) is 11.3 Å². The van der Waals surface area contributed by atoms with E-state index in [9.17, 15) is 0 Å². The van der Waals surface area contributed by atoms with E-state index >= 15 is 0 Å². The molecule has 1 heterocycles. The Balaban J connectivity index is 1.70. The second-order valence-corrected chi connectivity index (χ2v) is 6.25. The van der Waals surface area contributed by atoms with Gasteiger partial charge in [-0.2, -0.15) is 0 Å². The highest BCUT2D eigenvalue weighted by molar-refractivity contribution is 6.21. The van der Waals surface area contributed by atoms with Crippen LogP contribution in [0.15, 0.2) is 43.0 Å². The van der Waals surface area contributed by atoms with E-state index in [2.05, 4.69) is 36.2 Å². The molecule has 3 atom stereocenters. The van der Waals surface area contributed by atoms with E-state index in [1.54, 1.807) is 6.20 Å². The number of alkyl halides is 1. The van der Waals surface area contributed by atoms with Gasteiger partial charge in [0.2, 0.25) is 0 Å². The van der Waals surface area contributed by atoms with Crippen molar-refractivity contribution in [2.75, 3.05) is 0 Å². The molecule has 3 unspecified atom stereocenters. The van der Waals surface area contributed by atoms with Gasteiger partial charge in [0.25, 0.3) is 0 Å². The summed E-state index contributed by atoms with van der Waals surface area (Å²) in [5, 5.41) is 0.350. The van der Waals surface area contributed by atoms with Crippen molar-refractivity contribution in [3.05, 3.63) is 48.5 Å². The first-order valence-corrected chi connectivity index (χ1v) is 7.37. The number of aromatic nitrogens is 2. The molecule has 3 rings (SSSR count). The normalized spacial score (nSPS) is 26.7. The van der Waals surface area contributed by atoms with E-state index in [1.165, 1.54) is 18.4 Å². The molecule has 0 N–H and O–H groups in total. The summed E-state index contributed by atoms with van der Waals surface area (Å²) in [5.41, 5.74) is 2.54. The van der Waals surface area contributed by atoms with Gasteiger partial charge < -0.3 is 4.57 Å². The van der Waals surface area contributed by atoms with E-state index in [-0.39, 0.29) is 0 Å². The first kappa shape index (κ1) is 12.7. The molecular weight excluding hydrogens is 256 g/mol. The van der Waals surface area contributed by atoms with Crippen molar-refractivity contribution in [3.8, 4) is 5.69 Å². The Morgan fingerprint density at radius 2 is 2.05 bits per heavy atom. The Labute approximate surface area is 119 Å². The maximum atomic E-state index is 6.42. The number of imidazole rings is 1. The number of hydrogen-bond acceptors (Lipinski definition) is 1. The van der Waals surface area contributed by atoms with Crippen molar-refractivity contribution in [1.29, 1.82) is 0 Å². The van der Waals surface area contributed by atoms with Crippen molar-refractivity contribution < 1.29 is 0 Å². The topological polar surface area (TPSA) is 17.8 Å². The van der Waals surface area contributed by atoms with Crippen molar-refractivity contribution in [2.24, 2.45) is 11.8 Å². The first-order valence-electron chi connectivity index (χ1n) is 6.93. The molecule has 100 valence electrons. The number of halogens is 1. The van der Waals surface area contributed by atoms with Gasteiger partial charge in [0, 0.05) is 23.5 Å². The minimum atomic E-state index is 0.350. The van der Waals surface area contributed by atoms with Crippen LogP contribution in [-0.2, 0) is 6.42 Å². The molecule has 1 aromatic carbocycles. The van der Waals surface area contributed by atoms with Gasteiger partial charge in [-0.3, -0.25) is 0 Å². The van der Waals surface area contributed by atoms with Crippen molar-refractivity contribution in [2.45, 2.75) is 31.6 Å². The fraction of sp³-hybridized carbons (Fsp3) is 0.438. The Morgan fingerprint density at radius 3 is 2.63 bits per heavy atom. The predicted molar refractivity (Wildman–Crippen MR) is 78.8 cm³/mol. The van der Waals surface area contributed by atoms with Crippen LogP contribution in [0.4, 0.5) is 0 Å². The fourth-order valence-corrected chi connectivity index (χ4v) is 3.56. The molecule has 0 bridgehead atoms. The molecule has 0 amide bonds. The van der Waals surface area contributed by atoms with Crippen molar-refractivity contribution in [3.63, 3.8) is 0 Å². The number of hydrogen-bond donors (Lipinski definition) is 0. The van der Waals surface area contributed by atoms with E-state index in [4.69, 9.17) is 11.6 Å².